The molecule has 0 aromatic carbocycles. The summed E-state index contributed by atoms with van der Waals surface area (Å²) in [5, 5.41) is 0. The number of unbranched alkanes of at least 4 members (excludes halogenated alkanes) is 26. The van der Waals surface area contributed by atoms with Gasteiger partial charge in [-0.15, -0.1) is 0 Å². The third-order valence-corrected chi connectivity index (χ3v) is 11.7. The van der Waals surface area contributed by atoms with Gasteiger partial charge in [-0.1, -0.05) is 203 Å². The van der Waals surface area contributed by atoms with Crippen LogP contribution in [0, 0.1) is 0 Å². The number of hydrogen-bond donors (Lipinski definition) is 0. The summed E-state index contributed by atoms with van der Waals surface area (Å²) in [6.45, 7) is 6.55. The van der Waals surface area contributed by atoms with Gasteiger partial charge in [0.1, 0.15) is 13.2 Å². The van der Waals surface area contributed by atoms with Crippen molar-refractivity contribution in [3.05, 3.63) is 72.9 Å². The Hall–Kier alpha value is -3.15. The molecule has 0 N–H and O–H groups in total. The molecule has 0 spiro atoms. The van der Waals surface area contributed by atoms with Gasteiger partial charge in [0, 0.05) is 19.3 Å². The van der Waals surface area contributed by atoms with Crippen LogP contribution in [0.15, 0.2) is 72.9 Å². The second-order valence-electron chi connectivity index (χ2n) is 18.1. The molecule has 0 heterocycles. The van der Waals surface area contributed by atoms with E-state index in [1.807, 2.05) is 0 Å². The first kappa shape index (κ1) is 61.9. The fourth-order valence-electron chi connectivity index (χ4n) is 7.47. The Balaban J connectivity index is 4.46. The predicted molar refractivity (Wildman–Crippen MR) is 279 cm³/mol. The summed E-state index contributed by atoms with van der Waals surface area (Å²) in [5.74, 6) is -0.933. The lowest BCUT2D eigenvalue weighted by Gasteiger charge is -2.18. The van der Waals surface area contributed by atoms with Crippen molar-refractivity contribution in [2.75, 3.05) is 13.2 Å². The van der Waals surface area contributed by atoms with Crippen molar-refractivity contribution in [3.63, 3.8) is 0 Å². The molecule has 0 aromatic rings. The highest BCUT2D eigenvalue weighted by Gasteiger charge is 2.19. The summed E-state index contributed by atoms with van der Waals surface area (Å²) >= 11 is 0. The van der Waals surface area contributed by atoms with Gasteiger partial charge in [0.2, 0.25) is 0 Å². The first-order chi connectivity index (χ1) is 32.0. The van der Waals surface area contributed by atoms with Crippen LogP contribution in [0.2, 0.25) is 0 Å². The molecule has 0 unspecified atom stereocenters. The summed E-state index contributed by atoms with van der Waals surface area (Å²) in [4.78, 5) is 38.1. The van der Waals surface area contributed by atoms with Gasteiger partial charge in [-0.3, -0.25) is 14.4 Å². The van der Waals surface area contributed by atoms with E-state index in [9.17, 15) is 14.4 Å². The van der Waals surface area contributed by atoms with Gasteiger partial charge in [-0.25, -0.2) is 0 Å². The van der Waals surface area contributed by atoms with Crippen LogP contribution in [0.25, 0.3) is 0 Å². The zero-order chi connectivity index (χ0) is 47.2. The Morgan fingerprint density at radius 1 is 0.308 bits per heavy atom. The molecule has 65 heavy (non-hydrogen) atoms. The lowest BCUT2D eigenvalue weighted by atomic mass is 10.1. The second kappa shape index (κ2) is 53.5. The number of carbonyl (C=O) groups excluding carboxylic acids is 3. The molecule has 6 nitrogen and oxygen atoms in total. The molecule has 0 radical (unpaired) electrons. The largest absolute Gasteiger partial charge is 0.462 e. The number of esters is 3. The van der Waals surface area contributed by atoms with Crippen LogP contribution in [0.3, 0.4) is 0 Å². The zero-order valence-corrected chi connectivity index (χ0v) is 42.7. The van der Waals surface area contributed by atoms with Crippen LogP contribution in [0.1, 0.15) is 265 Å². The van der Waals surface area contributed by atoms with E-state index in [1.54, 1.807) is 0 Å². The summed E-state index contributed by atoms with van der Waals surface area (Å²) in [5.41, 5.74) is 0. The minimum absolute atomic E-state index is 0.0934. The average Bonchev–Trinajstić information content (AvgIpc) is 3.30. The number of ether oxygens (including phenoxy) is 3. The number of hydrogen-bond acceptors (Lipinski definition) is 6. The Morgan fingerprint density at radius 3 is 0.908 bits per heavy atom. The lowest BCUT2D eigenvalue weighted by molar-refractivity contribution is -0.167. The van der Waals surface area contributed by atoms with Gasteiger partial charge < -0.3 is 14.2 Å². The summed E-state index contributed by atoms with van der Waals surface area (Å²) in [7, 11) is 0. The molecule has 0 fully saturated rings. The molecule has 0 aliphatic heterocycles. The van der Waals surface area contributed by atoms with Crippen LogP contribution in [0.4, 0.5) is 0 Å². The van der Waals surface area contributed by atoms with Crippen molar-refractivity contribution in [1.82, 2.24) is 0 Å². The van der Waals surface area contributed by atoms with E-state index in [1.165, 1.54) is 109 Å². The standard InChI is InChI=1S/C59H102O6/c1-4-7-10-13-16-19-22-25-28-29-32-35-38-41-44-47-50-53-59(62)65-56(54-63-57(60)51-48-45-42-39-36-33-30-26-23-20-17-14-11-8-5-2)55-64-58(61)52-49-46-43-40-37-34-31-27-24-21-18-15-12-9-6-3/h16-17,19-20,25-28,30-32,35,56H,4-15,18,21-24,29,33-34,36-55H2,1-3H3/b19-16-,20-17-,28-25-,30-26-,31-27-,35-32-/t56-/m1/s1. The van der Waals surface area contributed by atoms with Crippen molar-refractivity contribution in [1.29, 1.82) is 0 Å². The highest BCUT2D eigenvalue weighted by atomic mass is 16.6. The summed E-state index contributed by atoms with van der Waals surface area (Å²) in [6.07, 6.45) is 67.3. The maximum atomic E-state index is 12.8. The summed E-state index contributed by atoms with van der Waals surface area (Å²) in [6, 6.07) is 0. The Kier molecular flexibility index (Phi) is 50.9. The van der Waals surface area contributed by atoms with Crippen molar-refractivity contribution in [2.24, 2.45) is 0 Å². The monoisotopic (exact) mass is 907 g/mol. The van der Waals surface area contributed by atoms with E-state index in [4.69, 9.17) is 14.2 Å². The van der Waals surface area contributed by atoms with E-state index in [0.717, 1.165) is 116 Å². The minimum Gasteiger partial charge on any atom is -0.462 e. The number of carbonyl (C=O) groups is 3. The van der Waals surface area contributed by atoms with Crippen LogP contribution in [0.5, 0.6) is 0 Å². The summed E-state index contributed by atoms with van der Waals surface area (Å²) < 4.78 is 16.8. The van der Waals surface area contributed by atoms with Crippen molar-refractivity contribution < 1.29 is 28.6 Å². The van der Waals surface area contributed by atoms with Crippen molar-refractivity contribution in [3.8, 4) is 0 Å². The maximum absolute atomic E-state index is 12.8. The number of rotatable bonds is 49. The second-order valence-corrected chi connectivity index (χ2v) is 18.1. The van der Waals surface area contributed by atoms with Crippen LogP contribution in [-0.4, -0.2) is 37.2 Å². The van der Waals surface area contributed by atoms with E-state index < -0.39 is 6.10 Å². The molecule has 0 aliphatic rings. The average molecular weight is 907 g/mol. The van der Waals surface area contributed by atoms with E-state index in [2.05, 4.69) is 93.7 Å². The first-order valence-electron chi connectivity index (χ1n) is 27.4. The lowest BCUT2D eigenvalue weighted by Crippen LogP contribution is -2.30. The normalized spacial score (nSPS) is 12.6. The van der Waals surface area contributed by atoms with Gasteiger partial charge in [-0.2, -0.15) is 0 Å². The molecule has 0 saturated carbocycles. The van der Waals surface area contributed by atoms with Crippen LogP contribution in [-0.2, 0) is 28.6 Å². The smallest absolute Gasteiger partial charge is 0.306 e. The molecule has 1 atom stereocenters. The van der Waals surface area contributed by atoms with Gasteiger partial charge in [0.25, 0.3) is 0 Å². The van der Waals surface area contributed by atoms with E-state index in [0.29, 0.717) is 19.3 Å². The Morgan fingerprint density at radius 2 is 0.554 bits per heavy atom. The quantitative estimate of drug-likeness (QED) is 0.0262. The highest BCUT2D eigenvalue weighted by Crippen LogP contribution is 2.14. The highest BCUT2D eigenvalue weighted by molar-refractivity contribution is 5.71. The van der Waals surface area contributed by atoms with Crippen molar-refractivity contribution >= 4 is 17.9 Å². The maximum Gasteiger partial charge on any atom is 0.306 e. The molecular formula is C59H102O6. The molecule has 374 valence electrons. The van der Waals surface area contributed by atoms with E-state index in [-0.39, 0.29) is 31.1 Å². The van der Waals surface area contributed by atoms with Gasteiger partial charge in [0.05, 0.1) is 0 Å². The Bertz CT molecular complexity index is 1230. The Labute approximate surface area is 402 Å². The minimum atomic E-state index is -0.796. The fraction of sp³-hybridized carbons (Fsp3) is 0.746. The predicted octanol–water partition coefficient (Wildman–Crippen LogP) is 18.2. The van der Waals surface area contributed by atoms with Crippen LogP contribution < -0.4 is 0 Å². The molecule has 0 amide bonds. The molecule has 0 saturated heterocycles. The molecule has 0 rings (SSSR count). The van der Waals surface area contributed by atoms with Crippen molar-refractivity contribution in [2.45, 2.75) is 271 Å². The SMILES string of the molecule is CCCCC/C=C\C/C=C\C/C=C\CCCCCCC(=O)O[C@H](COC(=O)CCCCCCC/C=C\C/C=C\CCCCC)COC(=O)CCCCCCC/C=C\CCCCCCCC. The third kappa shape index (κ3) is 51.7. The van der Waals surface area contributed by atoms with Gasteiger partial charge in [0.15, 0.2) is 6.10 Å². The molecule has 0 aliphatic carbocycles. The number of allylic oxidation sites excluding steroid dienone is 12. The third-order valence-electron chi connectivity index (χ3n) is 11.7. The fourth-order valence-corrected chi connectivity index (χ4v) is 7.47. The zero-order valence-electron chi connectivity index (χ0n) is 42.7. The molecule has 6 heteroatoms. The molecule has 0 bridgehead atoms. The molecule has 0 aromatic heterocycles. The van der Waals surface area contributed by atoms with E-state index >= 15 is 0 Å². The van der Waals surface area contributed by atoms with Crippen LogP contribution >= 0.6 is 0 Å². The molecular weight excluding hydrogens is 805 g/mol. The topological polar surface area (TPSA) is 78.9 Å². The van der Waals surface area contributed by atoms with Gasteiger partial charge in [-0.05, 0) is 116 Å². The first-order valence-corrected chi connectivity index (χ1v) is 27.4. The van der Waals surface area contributed by atoms with Gasteiger partial charge >= 0.3 is 17.9 Å².